The van der Waals surface area contributed by atoms with Crippen molar-refractivity contribution in [2.75, 3.05) is 0 Å². The molecule has 1 N–H and O–H groups in total. The van der Waals surface area contributed by atoms with E-state index < -0.39 is 0 Å². The van der Waals surface area contributed by atoms with Crippen LogP contribution in [-0.2, 0) is 11.2 Å². The lowest BCUT2D eigenvalue weighted by molar-refractivity contribution is -0.128. The minimum absolute atomic E-state index is 0.0948. The summed E-state index contributed by atoms with van der Waals surface area (Å²) in [7, 11) is 0. The Balaban J connectivity index is 2.29. The van der Waals surface area contributed by atoms with E-state index >= 15 is 0 Å². The highest BCUT2D eigenvalue weighted by Gasteiger charge is 2.31. The lowest BCUT2D eigenvalue weighted by Crippen LogP contribution is -2.51. The summed E-state index contributed by atoms with van der Waals surface area (Å²) in [6.07, 6.45) is 0.720. The standard InChI is InChI=1S/C21H29NO/c1-20(2,3)19(23)18(22-21(4,5)6)14-15-11-12-16-9-7-8-10-17(16)13-15/h7-13,18,22H,14H2,1-6H3/t18-/m1/s1. The Morgan fingerprint density at radius 2 is 1.57 bits per heavy atom. The second-order valence-electron chi connectivity index (χ2n) is 8.45. The first-order chi connectivity index (χ1) is 10.6. The largest absolute Gasteiger partial charge is 0.302 e. The number of nitrogens with one attached hydrogen (secondary N) is 1. The molecule has 0 spiro atoms. The average molecular weight is 311 g/mol. The molecule has 2 aromatic rings. The Morgan fingerprint density at radius 1 is 0.957 bits per heavy atom. The van der Waals surface area contributed by atoms with Gasteiger partial charge < -0.3 is 5.32 Å². The van der Waals surface area contributed by atoms with Gasteiger partial charge >= 0.3 is 0 Å². The van der Waals surface area contributed by atoms with Crippen molar-refractivity contribution in [3.63, 3.8) is 0 Å². The third-order valence-electron chi connectivity index (χ3n) is 3.92. The molecule has 0 unspecified atom stereocenters. The number of carbonyl (C=O) groups is 1. The first-order valence-electron chi connectivity index (χ1n) is 8.36. The van der Waals surface area contributed by atoms with Crippen molar-refractivity contribution in [3.8, 4) is 0 Å². The molecule has 0 bridgehead atoms. The van der Waals surface area contributed by atoms with E-state index in [2.05, 4.69) is 68.6 Å². The summed E-state index contributed by atoms with van der Waals surface area (Å²) < 4.78 is 0. The number of hydrogen-bond acceptors (Lipinski definition) is 2. The molecule has 2 aromatic carbocycles. The highest BCUT2D eigenvalue weighted by Crippen LogP contribution is 2.22. The summed E-state index contributed by atoms with van der Waals surface area (Å²) in [6, 6.07) is 14.6. The van der Waals surface area contributed by atoms with E-state index in [9.17, 15) is 4.79 Å². The molecular weight excluding hydrogens is 282 g/mol. The molecule has 2 rings (SSSR count). The quantitative estimate of drug-likeness (QED) is 0.882. The van der Waals surface area contributed by atoms with E-state index in [0.29, 0.717) is 0 Å². The normalized spacial score (nSPS) is 14.0. The van der Waals surface area contributed by atoms with Crippen LogP contribution < -0.4 is 5.32 Å². The smallest absolute Gasteiger partial charge is 0.155 e. The summed E-state index contributed by atoms with van der Waals surface area (Å²) in [5.74, 6) is 0.264. The molecule has 124 valence electrons. The first kappa shape index (κ1) is 17.7. The number of hydrogen-bond donors (Lipinski definition) is 1. The molecule has 2 nitrogen and oxygen atoms in total. The molecule has 0 heterocycles. The third-order valence-corrected chi connectivity index (χ3v) is 3.92. The van der Waals surface area contributed by atoms with Crippen LogP contribution in [-0.4, -0.2) is 17.4 Å². The SMILES string of the molecule is CC(C)(C)N[C@H](Cc1ccc2ccccc2c1)C(=O)C(C)(C)C. The van der Waals surface area contributed by atoms with Gasteiger partial charge in [-0.2, -0.15) is 0 Å². The lowest BCUT2D eigenvalue weighted by Gasteiger charge is -2.32. The summed E-state index contributed by atoms with van der Waals surface area (Å²) in [5.41, 5.74) is 0.755. The van der Waals surface area contributed by atoms with Gasteiger partial charge in [-0.1, -0.05) is 63.2 Å². The second-order valence-corrected chi connectivity index (χ2v) is 8.45. The maximum Gasteiger partial charge on any atom is 0.155 e. The van der Waals surface area contributed by atoms with Crippen molar-refractivity contribution in [3.05, 3.63) is 48.0 Å². The van der Waals surface area contributed by atoms with Crippen LogP contribution >= 0.6 is 0 Å². The van der Waals surface area contributed by atoms with Crippen molar-refractivity contribution in [1.82, 2.24) is 5.32 Å². The van der Waals surface area contributed by atoms with E-state index in [1.165, 1.54) is 16.3 Å². The van der Waals surface area contributed by atoms with Gasteiger partial charge in [0, 0.05) is 11.0 Å². The van der Waals surface area contributed by atoms with E-state index in [-0.39, 0.29) is 22.8 Å². The maximum absolute atomic E-state index is 12.8. The molecule has 1 atom stereocenters. The molecule has 0 amide bonds. The van der Waals surface area contributed by atoms with Crippen LogP contribution in [0.3, 0.4) is 0 Å². The van der Waals surface area contributed by atoms with E-state index in [0.717, 1.165) is 6.42 Å². The number of benzene rings is 2. The van der Waals surface area contributed by atoms with Crippen LogP contribution in [0.4, 0.5) is 0 Å². The monoisotopic (exact) mass is 311 g/mol. The van der Waals surface area contributed by atoms with Gasteiger partial charge in [0.25, 0.3) is 0 Å². The van der Waals surface area contributed by atoms with Gasteiger partial charge in [-0.15, -0.1) is 0 Å². The van der Waals surface area contributed by atoms with Crippen LogP contribution in [0.2, 0.25) is 0 Å². The molecule has 2 heteroatoms. The maximum atomic E-state index is 12.8. The number of fused-ring (bicyclic) bond motifs is 1. The van der Waals surface area contributed by atoms with Crippen LogP contribution in [0.25, 0.3) is 10.8 Å². The fourth-order valence-electron chi connectivity index (χ4n) is 2.86. The number of carbonyl (C=O) groups excluding carboxylic acids is 1. The van der Waals surface area contributed by atoms with Crippen molar-refractivity contribution >= 4 is 16.6 Å². The van der Waals surface area contributed by atoms with Crippen LogP contribution in [0.15, 0.2) is 42.5 Å². The molecular formula is C21H29NO. The van der Waals surface area contributed by atoms with Gasteiger partial charge in [-0.05, 0) is 43.5 Å². The minimum Gasteiger partial charge on any atom is -0.302 e. The molecule has 0 aliphatic rings. The topological polar surface area (TPSA) is 29.1 Å². The van der Waals surface area contributed by atoms with Gasteiger partial charge in [0.1, 0.15) is 0 Å². The summed E-state index contributed by atoms with van der Waals surface area (Å²) in [5, 5.41) is 5.97. The number of Topliss-reactive ketones (excluding diaryl/α,β-unsaturated/α-hetero) is 1. The molecule has 0 aliphatic heterocycles. The summed E-state index contributed by atoms with van der Waals surface area (Å²) in [4.78, 5) is 12.8. The van der Waals surface area contributed by atoms with E-state index in [1.54, 1.807) is 0 Å². The van der Waals surface area contributed by atoms with E-state index in [1.807, 2.05) is 20.8 Å². The summed E-state index contributed by atoms with van der Waals surface area (Å²) >= 11 is 0. The van der Waals surface area contributed by atoms with Gasteiger partial charge in [0.05, 0.1) is 6.04 Å². The zero-order valence-corrected chi connectivity index (χ0v) is 15.2. The third kappa shape index (κ3) is 4.90. The highest BCUT2D eigenvalue weighted by molar-refractivity contribution is 5.89. The van der Waals surface area contributed by atoms with Crippen molar-refractivity contribution in [1.29, 1.82) is 0 Å². The van der Waals surface area contributed by atoms with Crippen LogP contribution in [0, 0.1) is 5.41 Å². The number of rotatable bonds is 4. The van der Waals surface area contributed by atoms with Crippen molar-refractivity contribution < 1.29 is 4.79 Å². The highest BCUT2D eigenvalue weighted by atomic mass is 16.1. The van der Waals surface area contributed by atoms with Gasteiger partial charge in [0.2, 0.25) is 0 Å². The van der Waals surface area contributed by atoms with Crippen molar-refractivity contribution in [2.45, 2.75) is 59.5 Å². The molecule has 23 heavy (non-hydrogen) atoms. The minimum atomic E-state index is -0.347. The predicted molar refractivity (Wildman–Crippen MR) is 98.8 cm³/mol. The number of ketones is 1. The zero-order chi connectivity index (χ0) is 17.3. The Hall–Kier alpha value is -1.67. The lowest BCUT2D eigenvalue weighted by atomic mass is 9.83. The Kier molecular flexibility index (Phi) is 4.95. The van der Waals surface area contributed by atoms with Gasteiger partial charge in [-0.3, -0.25) is 4.79 Å². The fourth-order valence-corrected chi connectivity index (χ4v) is 2.86. The Morgan fingerprint density at radius 3 is 2.13 bits per heavy atom. The average Bonchev–Trinajstić information content (AvgIpc) is 2.43. The van der Waals surface area contributed by atoms with Gasteiger partial charge in [-0.25, -0.2) is 0 Å². The van der Waals surface area contributed by atoms with Gasteiger partial charge in [0.15, 0.2) is 5.78 Å². The van der Waals surface area contributed by atoms with E-state index in [4.69, 9.17) is 0 Å². The molecule has 0 saturated carbocycles. The van der Waals surface area contributed by atoms with Crippen molar-refractivity contribution in [2.24, 2.45) is 5.41 Å². The van der Waals surface area contributed by atoms with Crippen LogP contribution in [0.1, 0.15) is 47.1 Å². The molecule has 0 fully saturated rings. The first-order valence-corrected chi connectivity index (χ1v) is 8.36. The second kappa shape index (κ2) is 6.45. The van der Waals surface area contributed by atoms with Crippen LogP contribution in [0.5, 0.6) is 0 Å². The fraction of sp³-hybridized carbons (Fsp3) is 0.476. The molecule has 0 aromatic heterocycles. The summed E-state index contributed by atoms with van der Waals surface area (Å²) in [6.45, 7) is 12.3. The molecule has 0 saturated heterocycles. The predicted octanol–water partition coefficient (Wildman–Crippen LogP) is 4.75. The Labute approximate surface area is 140 Å². The molecule has 0 aliphatic carbocycles. The zero-order valence-electron chi connectivity index (χ0n) is 15.2. The molecule has 0 radical (unpaired) electrons. The Bertz CT molecular complexity index is 689.